The molecule has 0 saturated carbocycles. The molecule has 0 aliphatic carbocycles. The van der Waals surface area contributed by atoms with Gasteiger partial charge in [-0.25, -0.2) is 25.6 Å². The number of hydrogen-bond acceptors (Lipinski definition) is 14. The van der Waals surface area contributed by atoms with Crippen LogP contribution in [0.2, 0.25) is 0 Å². The summed E-state index contributed by atoms with van der Waals surface area (Å²) in [6.07, 6.45) is 33.1. The molecule has 0 amide bonds. The maximum absolute atomic E-state index is 12.3. The van der Waals surface area contributed by atoms with Crippen molar-refractivity contribution in [3.8, 4) is 0 Å². The Morgan fingerprint density at radius 1 is 0.547 bits per heavy atom. The molecule has 408 valence electrons. The van der Waals surface area contributed by atoms with Crippen LogP contribution in [-0.2, 0) is 216 Å². The van der Waals surface area contributed by atoms with Gasteiger partial charge in [0.15, 0.2) is 0 Å². The monoisotopic (exact) mass is 1460 g/mol. The number of nitrogens with zero attached hydrogens (tertiary/aromatic N) is 6. The molecule has 14 nitrogen and oxygen atoms in total. The smallest absolute Gasteiger partial charge is 0.0496 e. The second-order valence-corrected chi connectivity index (χ2v) is 32.2. The van der Waals surface area contributed by atoms with Crippen LogP contribution in [0.1, 0.15) is 99.3 Å². The van der Waals surface area contributed by atoms with E-state index < -0.39 is 60.5 Å². The van der Waals surface area contributed by atoms with Gasteiger partial charge in [-0.05, 0) is 96.3 Å². The second-order valence-electron chi connectivity index (χ2n) is 17.9. The summed E-state index contributed by atoms with van der Waals surface area (Å²) in [5.41, 5.74) is 4.41. The predicted molar refractivity (Wildman–Crippen MR) is 295 cm³/mol. The fourth-order valence-corrected chi connectivity index (χ4v) is 19.1. The van der Waals surface area contributed by atoms with Crippen LogP contribution in [-0.4, -0.2) is 127 Å². The third-order valence-electron chi connectivity index (χ3n) is 12.5. The topological polar surface area (TPSA) is 226 Å². The van der Waals surface area contributed by atoms with Crippen molar-refractivity contribution in [2.24, 2.45) is 8.73 Å². The van der Waals surface area contributed by atoms with E-state index in [1.54, 1.807) is 50.9 Å². The van der Waals surface area contributed by atoms with Gasteiger partial charge in [0.1, 0.15) is 0 Å². The number of alkyl halides is 1. The van der Waals surface area contributed by atoms with Crippen molar-refractivity contribution >= 4 is 72.1 Å². The van der Waals surface area contributed by atoms with Crippen LogP contribution >= 0.6 is 11.6 Å². The van der Waals surface area contributed by atoms with Gasteiger partial charge in [0, 0.05) is 279 Å². The first-order valence-corrected chi connectivity index (χ1v) is 35.0. The van der Waals surface area contributed by atoms with Gasteiger partial charge in [0.2, 0.25) is 0 Å². The summed E-state index contributed by atoms with van der Waals surface area (Å²) < 4.78 is 90.4. The number of nitrogens with one attached hydrogen (secondary N) is 2. The zero-order valence-corrected chi connectivity index (χ0v) is 60.6. The molecular weight excluding hydrogens is 1390 g/mol. The summed E-state index contributed by atoms with van der Waals surface area (Å²) in [5.74, 6) is 7.64. The molecule has 6 aliphatic rings. The third kappa shape index (κ3) is 31.0. The van der Waals surface area contributed by atoms with Gasteiger partial charge in [-0.2, -0.15) is 48.5 Å². The Bertz CT molecular complexity index is 2670. The quantitative estimate of drug-likeness (QED) is 0.132. The SMILES string of the molecule is CN=S1(=O)CCCC1.CN=S1(=O)CCCC1Cc1cc[c-]nc1.ClCc1cc[c-]nc1.N=S1(=O)CCCC1.N=S1(=O)CCCC1Cc1cc[c-]nc1.O=S1CCCC1.O=S1CCCC1Cc1cc[c-]nc1.[Y].[Y].[Y].[Y]. The molecule has 25 heteroatoms. The summed E-state index contributed by atoms with van der Waals surface area (Å²) in [7, 11) is -5.66. The van der Waals surface area contributed by atoms with Crippen LogP contribution in [0.25, 0.3) is 0 Å². The van der Waals surface area contributed by atoms with Gasteiger partial charge in [0.05, 0.1) is 0 Å². The maximum Gasteiger partial charge on any atom is 0.0496 e. The molecule has 2 N–H and O–H groups in total. The fraction of sp³-hybridized carbons (Fsp3) is 0.600. The molecule has 4 aromatic rings. The minimum absolute atomic E-state index is 0. The molecule has 6 aliphatic heterocycles. The Labute approximate surface area is 562 Å². The Hall–Kier alpha value is 1.41. The molecule has 0 aromatic carbocycles. The van der Waals surface area contributed by atoms with Crippen LogP contribution < -0.4 is 0 Å². The number of hydrogen-bond donors (Lipinski definition) is 2. The molecule has 6 atom stereocenters. The molecule has 6 saturated heterocycles. The van der Waals surface area contributed by atoms with Gasteiger partial charge in [-0.1, -0.05) is 49.6 Å². The van der Waals surface area contributed by atoms with E-state index in [0.29, 0.717) is 28.4 Å². The van der Waals surface area contributed by atoms with E-state index in [-0.39, 0.29) is 141 Å². The molecular formula is C50H73ClN8O6S6Y4-4. The molecule has 4 aromatic heterocycles. The fourth-order valence-electron chi connectivity index (χ4n) is 8.38. The molecule has 0 spiro atoms. The zero-order chi connectivity index (χ0) is 51.4. The van der Waals surface area contributed by atoms with Crippen LogP contribution in [0.5, 0.6) is 0 Å². The molecule has 0 bridgehead atoms. The average molecular weight is 1470 g/mol. The Kier molecular flexibility index (Phi) is 43.0. The van der Waals surface area contributed by atoms with Gasteiger partial charge in [-0.15, -0.1) is 33.9 Å². The minimum Gasteiger partial charge on any atom is -0.394 e. The van der Waals surface area contributed by atoms with Gasteiger partial charge < -0.3 is 19.9 Å². The summed E-state index contributed by atoms with van der Waals surface area (Å²) >= 11 is 5.47. The van der Waals surface area contributed by atoms with E-state index >= 15 is 0 Å². The largest absolute Gasteiger partial charge is 0.394 e. The first kappa shape index (κ1) is 76.4. The summed E-state index contributed by atoms with van der Waals surface area (Å²) in [6, 6.07) is 14.9. The van der Waals surface area contributed by atoms with Gasteiger partial charge in [0.25, 0.3) is 0 Å². The molecule has 4 radical (unpaired) electrons. The molecule has 10 heterocycles. The Morgan fingerprint density at radius 2 is 0.987 bits per heavy atom. The first-order chi connectivity index (χ1) is 34.1. The standard InChI is InChI=1S/C11H15N2OS.C10H13N2OS.C10H12NOS.C6H5ClN.C5H11NOS.C4H9NOS.C4H8OS.4Y/c1-12-15(14)7-3-5-11(15)8-10-4-2-6-13-9-10;11-14(13)6-2-4-10(14)7-9-3-1-5-12-8-9;12-13-6-2-4-10(13)7-9-3-1-5-11-8-9;7-4-6-2-1-3-8-5-6;1-6-8(7)4-2-3-5-8;5-7(6)3-1-2-4-7;5-6-3-1-2-4-6;;;;/h2,4,9,11H,3,5,7-8H2,1H3;1,3,8,10-11H,2,4,6-7H2;1,3,8,10H,2,4,6-7H2;1-2,5H,4H2;2-5H2,1H3;5H,1-4H2;1-4H2;;;;/q4*-1;;;;;;;. The van der Waals surface area contributed by atoms with Gasteiger partial charge >= 0.3 is 0 Å². The maximum atomic E-state index is 12.3. The molecule has 75 heavy (non-hydrogen) atoms. The van der Waals surface area contributed by atoms with E-state index in [9.17, 15) is 25.3 Å². The van der Waals surface area contributed by atoms with Gasteiger partial charge in [-0.3, -0.25) is 18.0 Å². The molecule has 10 rings (SSSR count). The van der Waals surface area contributed by atoms with Crippen LogP contribution in [0.3, 0.4) is 0 Å². The number of halogens is 1. The van der Waals surface area contributed by atoms with Crippen molar-refractivity contribution in [1.82, 2.24) is 19.9 Å². The van der Waals surface area contributed by atoms with E-state index in [4.69, 9.17) is 21.2 Å². The first-order valence-electron chi connectivity index (χ1n) is 24.3. The van der Waals surface area contributed by atoms with Crippen molar-refractivity contribution < 1.29 is 156 Å². The predicted octanol–water partition coefficient (Wildman–Crippen LogP) is 8.50. The summed E-state index contributed by atoms with van der Waals surface area (Å²) in [5, 5.41) is 0.614. The number of pyridine rings is 4. The third-order valence-corrected chi connectivity index (χ3v) is 25.9. The zero-order valence-electron chi connectivity index (χ0n) is 43.6. The number of aromatic nitrogens is 4. The van der Waals surface area contributed by atoms with Crippen molar-refractivity contribution in [2.75, 3.05) is 65.9 Å². The van der Waals surface area contributed by atoms with Crippen LogP contribution in [0.4, 0.5) is 0 Å². The van der Waals surface area contributed by atoms with Crippen molar-refractivity contribution in [2.45, 2.75) is 118 Å². The van der Waals surface area contributed by atoms with Crippen LogP contribution in [0, 0.1) is 34.3 Å². The minimum atomic E-state index is -2.32. The summed E-state index contributed by atoms with van der Waals surface area (Å²) in [4.78, 5) is 15.5. The van der Waals surface area contributed by atoms with E-state index in [0.717, 1.165) is 135 Å². The number of rotatable bonds is 7. The van der Waals surface area contributed by atoms with E-state index in [2.05, 4.69) is 53.4 Å². The van der Waals surface area contributed by atoms with E-state index in [1.807, 2.05) is 36.5 Å². The van der Waals surface area contributed by atoms with Crippen molar-refractivity contribution in [3.63, 3.8) is 0 Å². The van der Waals surface area contributed by atoms with E-state index in [1.165, 1.54) is 18.4 Å². The van der Waals surface area contributed by atoms with Crippen molar-refractivity contribution in [1.29, 1.82) is 9.56 Å². The Balaban J connectivity index is 0.000000864. The molecule has 6 fully saturated rings. The van der Waals surface area contributed by atoms with Crippen LogP contribution in [0.15, 0.2) is 82.0 Å². The normalized spacial score (nSPS) is 25.2. The second kappa shape index (κ2) is 42.2. The summed E-state index contributed by atoms with van der Waals surface area (Å²) in [6.45, 7) is 0. The van der Waals surface area contributed by atoms with Crippen molar-refractivity contribution in [3.05, 3.63) is 120 Å². The average Bonchev–Trinajstić information content (AvgIpc) is 4.29. The molecule has 6 unspecified atom stereocenters. The Morgan fingerprint density at radius 3 is 1.31 bits per heavy atom.